The highest BCUT2D eigenvalue weighted by Crippen LogP contribution is 2.27. The molecule has 0 aliphatic carbocycles. The van der Waals surface area contributed by atoms with Crippen LogP contribution in [0.3, 0.4) is 0 Å². The summed E-state index contributed by atoms with van der Waals surface area (Å²) < 4.78 is 11.1. The molecule has 8 heteroatoms. The molecular weight excluding hydrogens is 396 g/mol. The monoisotopic (exact) mass is 408 g/mol. The van der Waals surface area contributed by atoms with Gasteiger partial charge in [0.2, 0.25) is 0 Å². The van der Waals surface area contributed by atoms with Gasteiger partial charge in [0.25, 0.3) is 0 Å². The Kier molecular flexibility index (Phi) is 4.88. The average molecular weight is 409 g/mol. The molecular formula is C21H13ClN2O5. The normalized spacial score (nSPS) is 11.2. The first kappa shape index (κ1) is 18.5. The van der Waals surface area contributed by atoms with Crippen molar-refractivity contribution in [1.82, 2.24) is 5.43 Å². The number of furan rings is 2. The first-order valence-corrected chi connectivity index (χ1v) is 8.84. The lowest BCUT2D eigenvalue weighted by Gasteiger charge is -2.01. The second-order valence-corrected chi connectivity index (χ2v) is 6.46. The molecule has 2 aromatic heterocycles. The van der Waals surface area contributed by atoms with Crippen molar-refractivity contribution in [3.8, 4) is 11.3 Å². The van der Waals surface area contributed by atoms with E-state index in [0.717, 1.165) is 5.39 Å². The van der Waals surface area contributed by atoms with Gasteiger partial charge in [0.15, 0.2) is 5.76 Å². The molecule has 1 amide bonds. The molecule has 4 aromatic rings. The lowest BCUT2D eigenvalue weighted by atomic mass is 10.1. The number of carbonyl (C=O) groups is 2. The summed E-state index contributed by atoms with van der Waals surface area (Å²) in [6.45, 7) is 0. The lowest BCUT2D eigenvalue weighted by Crippen LogP contribution is -2.16. The largest absolute Gasteiger partial charge is 0.478 e. The van der Waals surface area contributed by atoms with Crippen LogP contribution in [-0.2, 0) is 0 Å². The van der Waals surface area contributed by atoms with Crippen molar-refractivity contribution in [3.63, 3.8) is 0 Å². The summed E-state index contributed by atoms with van der Waals surface area (Å²) in [5.41, 5.74) is 3.62. The zero-order chi connectivity index (χ0) is 20.4. The van der Waals surface area contributed by atoms with Crippen molar-refractivity contribution >= 4 is 40.7 Å². The van der Waals surface area contributed by atoms with Gasteiger partial charge < -0.3 is 13.9 Å². The fourth-order valence-corrected chi connectivity index (χ4v) is 2.98. The molecule has 29 heavy (non-hydrogen) atoms. The van der Waals surface area contributed by atoms with Gasteiger partial charge in [0.05, 0.1) is 16.8 Å². The average Bonchev–Trinajstić information content (AvgIpc) is 3.34. The van der Waals surface area contributed by atoms with Crippen molar-refractivity contribution in [2.45, 2.75) is 0 Å². The van der Waals surface area contributed by atoms with Crippen LogP contribution >= 0.6 is 11.6 Å². The molecule has 0 unspecified atom stereocenters. The number of hydrazone groups is 1. The minimum Gasteiger partial charge on any atom is -0.478 e. The molecule has 0 aliphatic rings. The van der Waals surface area contributed by atoms with Crippen molar-refractivity contribution in [2.75, 3.05) is 0 Å². The Balaban J connectivity index is 1.44. The van der Waals surface area contributed by atoms with Crippen molar-refractivity contribution < 1.29 is 23.5 Å². The minimum absolute atomic E-state index is 0.0112. The molecule has 7 nitrogen and oxygen atoms in total. The maximum Gasteiger partial charge on any atom is 0.337 e. The number of hydrogen-bond acceptors (Lipinski definition) is 5. The van der Waals surface area contributed by atoms with Gasteiger partial charge in [-0.3, -0.25) is 4.79 Å². The summed E-state index contributed by atoms with van der Waals surface area (Å²) in [6.07, 6.45) is 1.34. The fourth-order valence-electron chi connectivity index (χ4n) is 2.72. The maximum absolute atomic E-state index is 12.1. The Morgan fingerprint density at radius 2 is 1.86 bits per heavy atom. The van der Waals surface area contributed by atoms with E-state index in [0.29, 0.717) is 22.7 Å². The minimum atomic E-state index is -1.10. The standard InChI is InChI=1S/C21H13ClN2O5/c22-16-9-13(5-7-15(16)21(26)27)18-8-6-14(28-18)11-23-24-20(25)19-10-12-3-1-2-4-17(12)29-19/h1-11H,(H,24,25)(H,26,27)/b23-11+. The van der Waals surface area contributed by atoms with E-state index >= 15 is 0 Å². The third-order valence-electron chi connectivity index (χ3n) is 4.12. The van der Waals surface area contributed by atoms with E-state index in [1.807, 2.05) is 18.2 Å². The van der Waals surface area contributed by atoms with Crippen LogP contribution in [0.1, 0.15) is 26.7 Å². The molecule has 0 radical (unpaired) electrons. The number of para-hydroxylation sites is 1. The Hall–Kier alpha value is -3.84. The Bertz CT molecular complexity index is 1220. The SMILES string of the molecule is O=C(N/N=C/c1ccc(-c2ccc(C(=O)O)c(Cl)c2)o1)c1cc2ccccc2o1. The van der Waals surface area contributed by atoms with Gasteiger partial charge >= 0.3 is 11.9 Å². The Labute approximate surface area is 169 Å². The Morgan fingerprint density at radius 1 is 1.03 bits per heavy atom. The molecule has 4 rings (SSSR count). The number of hydrogen-bond donors (Lipinski definition) is 2. The van der Waals surface area contributed by atoms with Crippen LogP contribution in [0.2, 0.25) is 5.02 Å². The number of nitrogens with zero attached hydrogens (tertiary/aromatic N) is 1. The molecule has 0 spiro atoms. The number of nitrogens with one attached hydrogen (secondary N) is 1. The van der Waals surface area contributed by atoms with Crippen LogP contribution < -0.4 is 5.43 Å². The second-order valence-electron chi connectivity index (χ2n) is 6.05. The molecule has 0 aliphatic heterocycles. The van der Waals surface area contributed by atoms with E-state index in [1.54, 1.807) is 30.3 Å². The van der Waals surface area contributed by atoms with Crippen LogP contribution in [0.4, 0.5) is 0 Å². The lowest BCUT2D eigenvalue weighted by molar-refractivity contribution is 0.0696. The van der Waals surface area contributed by atoms with Crippen LogP contribution in [0.25, 0.3) is 22.3 Å². The first-order valence-electron chi connectivity index (χ1n) is 8.46. The van der Waals surface area contributed by atoms with Gasteiger partial charge in [-0.2, -0.15) is 5.10 Å². The van der Waals surface area contributed by atoms with E-state index in [9.17, 15) is 9.59 Å². The summed E-state index contributed by atoms with van der Waals surface area (Å²) in [5.74, 6) is -0.567. The Morgan fingerprint density at radius 3 is 2.62 bits per heavy atom. The number of halogens is 1. The molecule has 0 saturated carbocycles. The topological polar surface area (TPSA) is 105 Å². The highest BCUT2D eigenvalue weighted by Gasteiger charge is 2.12. The predicted molar refractivity (Wildman–Crippen MR) is 107 cm³/mol. The van der Waals surface area contributed by atoms with E-state index in [-0.39, 0.29) is 16.3 Å². The quantitative estimate of drug-likeness (QED) is 0.364. The van der Waals surface area contributed by atoms with Gasteiger partial charge in [0.1, 0.15) is 17.1 Å². The number of carboxylic acids is 1. The van der Waals surface area contributed by atoms with Crippen LogP contribution in [0.15, 0.2) is 74.6 Å². The third-order valence-corrected chi connectivity index (χ3v) is 4.43. The number of amides is 1. The zero-order valence-electron chi connectivity index (χ0n) is 14.8. The predicted octanol–water partition coefficient (Wildman–Crippen LogP) is 4.81. The number of carboxylic acid groups (broad SMARTS) is 1. The van der Waals surface area contributed by atoms with E-state index in [1.165, 1.54) is 18.3 Å². The van der Waals surface area contributed by atoms with E-state index in [2.05, 4.69) is 10.5 Å². The van der Waals surface area contributed by atoms with Gasteiger partial charge in [-0.15, -0.1) is 0 Å². The molecule has 2 N–H and O–H groups in total. The van der Waals surface area contributed by atoms with Gasteiger partial charge in [-0.05, 0) is 36.4 Å². The molecule has 0 saturated heterocycles. The van der Waals surface area contributed by atoms with Crippen molar-refractivity contribution in [3.05, 3.63) is 82.8 Å². The summed E-state index contributed by atoms with van der Waals surface area (Å²) >= 11 is 5.98. The van der Waals surface area contributed by atoms with Crippen LogP contribution in [0, 0.1) is 0 Å². The second kappa shape index (κ2) is 7.65. The molecule has 144 valence electrons. The van der Waals surface area contributed by atoms with Crippen molar-refractivity contribution in [1.29, 1.82) is 0 Å². The molecule has 0 bridgehead atoms. The highest BCUT2D eigenvalue weighted by molar-refractivity contribution is 6.33. The van der Waals surface area contributed by atoms with Gasteiger partial charge in [0, 0.05) is 10.9 Å². The van der Waals surface area contributed by atoms with Crippen LogP contribution in [0.5, 0.6) is 0 Å². The highest BCUT2D eigenvalue weighted by atomic mass is 35.5. The molecule has 0 fully saturated rings. The fraction of sp³-hybridized carbons (Fsp3) is 0. The maximum atomic E-state index is 12.1. The van der Waals surface area contributed by atoms with Crippen LogP contribution in [-0.4, -0.2) is 23.2 Å². The summed E-state index contributed by atoms with van der Waals surface area (Å²) in [5, 5.41) is 13.8. The first-order chi connectivity index (χ1) is 14.0. The molecule has 0 atom stereocenters. The van der Waals surface area contributed by atoms with Crippen molar-refractivity contribution in [2.24, 2.45) is 5.10 Å². The molecule has 2 aromatic carbocycles. The summed E-state index contributed by atoms with van der Waals surface area (Å²) in [7, 11) is 0. The molecule has 2 heterocycles. The summed E-state index contributed by atoms with van der Waals surface area (Å²) in [6, 6.07) is 16.8. The van der Waals surface area contributed by atoms with Gasteiger partial charge in [-0.25, -0.2) is 10.2 Å². The summed E-state index contributed by atoms with van der Waals surface area (Å²) in [4.78, 5) is 23.2. The van der Waals surface area contributed by atoms with E-state index in [4.69, 9.17) is 25.5 Å². The third kappa shape index (κ3) is 3.90. The number of rotatable bonds is 5. The smallest absolute Gasteiger partial charge is 0.337 e. The van der Waals surface area contributed by atoms with Gasteiger partial charge in [-0.1, -0.05) is 35.9 Å². The van der Waals surface area contributed by atoms with E-state index < -0.39 is 11.9 Å². The zero-order valence-corrected chi connectivity index (χ0v) is 15.5. The number of benzene rings is 2. The number of aromatic carboxylic acids is 1. The number of carbonyl (C=O) groups excluding carboxylic acids is 1. The number of fused-ring (bicyclic) bond motifs is 1.